The van der Waals surface area contributed by atoms with E-state index in [1.54, 1.807) is 6.08 Å². The van der Waals surface area contributed by atoms with E-state index in [1.165, 1.54) is 0 Å². The number of ether oxygens (including phenoxy) is 1. The van der Waals surface area contributed by atoms with Crippen LogP contribution in [-0.4, -0.2) is 12.5 Å². The lowest BCUT2D eigenvalue weighted by atomic mass is 10.1. The quantitative estimate of drug-likeness (QED) is 0.618. The van der Waals surface area contributed by atoms with Crippen molar-refractivity contribution in [2.75, 3.05) is 11.9 Å². The summed E-state index contributed by atoms with van der Waals surface area (Å²) in [5.74, 6) is 0.356. The predicted octanol–water partition coefficient (Wildman–Crippen LogP) is 4.64. The maximum Gasteiger partial charge on any atom is 0.266 e. The molecule has 1 N–H and O–H groups in total. The van der Waals surface area contributed by atoms with Gasteiger partial charge in [0.15, 0.2) is 0 Å². The molecule has 0 atom stereocenters. The minimum absolute atomic E-state index is 0.0560. The topological polar surface area (TPSA) is 62.1 Å². The second-order valence-electron chi connectivity index (χ2n) is 5.84. The van der Waals surface area contributed by atoms with Gasteiger partial charge in [-0.15, -0.1) is 0 Å². The Labute approximate surface area is 148 Å². The number of nitriles is 1. The molecule has 0 unspecified atom stereocenters. The molecule has 0 aromatic heterocycles. The van der Waals surface area contributed by atoms with E-state index < -0.39 is 5.91 Å². The monoisotopic (exact) mass is 334 g/mol. The van der Waals surface area contributed by atoms with Crippen LogP contribution in [0.2, 0.25) is 0 Å². The summed E-state index contributed by atoms with van der Waals surface area (Å²) < 4.78 is 5.52. The molecule has 2 rings (SSSR count). The average molecular weight is 334 g/mol. The van der Waals surface area contributed by atoms with Crippen LogP contribution < -0.4 is 10.1 Å². The van der Waals surface area contributed by atoms with Crippen molar-refractivity contribution in [1.29, 1.82) is 5.26 Å². The Bertz CT molecular complexity index is 815. The number of anilines is 1. The predicted molar refractivity (Wildman–Crippen MR) is 100 cm³/mol. The van der Waals surface area contributed by atoms with Gasteiger partial charge in [-0.25, -0.2) is 0 Å². The molecule has 25 heavy (non-hydrogen) atoms. The first-order valence-corrected chi connectivity index (χ1v) is 8.26. The zero-order chi connectivity index (χ0) is 18.2. The third-order valence-corrected chi connectivity index (χ3v) is 3.79. The van der Waals surface area contributed by atoms with Gasteiger partial charge in [-0.1, -0.05) is 25.1 Å². The van der Waals surface area contributed by atoms with Crippen LogP contribution in [0.5, 0.6) is 5.75 Å². The summed E-state index contributed by atoms with van der Waals surface area (Å²) >= 11 is 0. The Kier molecular flexibility index (Phi) is 6.36. The number of rotatable bonds is 6. The highest BCUT2D eigenvalue weighted by atomic mass is 16.5. The molecule has 0 aliphatic rings. The van der Waals surface area contributed by atoms with E-state index in [0.29, 0.717) is 12.3 Å². The van der Waals surface area contributed by atoms with Crippen molar-refractivity contribution >= 4 is 17.7 Å². The molecular formula is C21H22N2O2. The van der Waals surface area contributed by atoms with E-state index in [4.69, 9.17) is 4.74 Å². The van der Waals surface area contributed by atoms with Gasteiger partial charge >= 0.3 is 0 Å². The van der Waals surface area contributed by atoms with Crippen LogP contribution in [-0.2, 0) is 4.79 Å². The number of nitrogens with zero attached hydrogens (tertiary/aromatic N) is 1. The molecule has 0 spiro atoms. The second-order valence-corrected chi connectivity index (χ2v) is 5.84. The number of aryl methyl sites for hydroxylation is 2. The van der Waals surface area contributed by atoms with Gasteiger partial charge in [0.25, 0.3) is 5.91 Å². The zero-order valence-electron chi connectivity index (χ0n) is 14.8. The minimum Gasteiger partial charge on any atom is -0.494 e. The van der Waals surface area contributed by atoms with Crippen molar-refractivity contribution in [1.82, 2.24) is 0 Å². The Morgan fingerprint density at radius 1 is 1.16 bits per heavy atom. The van der Waals surface area contributed by atoms with E-state index in [0.717, 1.165) is 28.9 Å². The van der Waals surface area contributed by atoms with Gasteiger partial charge in [0.2, 0.25) is 0 Å². The van der Waals surface area contributed by atoms with Crippen molar-refractivity contribution in [3.8, 4) is 11.8 Å². The number of carbonyl (C=O) groups is 1. The van der Waals surface area contributed by atoms with Crippen molar-refractivity contribution in [3.63, 3.8) is 0 Å². The second kappa shape index (κ2) is 8.70. The Balaban J connectivity index is 2.12. The molecule has 0 fully saturated rings. The lowest BCUT2D eigenvalue weighted by Crippen LogP contribution is -2.13. The molecule has 0 aliphatic heterocycles. The van der Waals surface area contributed by atoms with Gasteiger partial charge in [-0.2, -0.15) is 5.26 Å². The summed E-state index contributed by atoms with van der Waals surface area (Å²) in [4.78, 5) is 12.3. The summed E-state index contributed by atoms with van der Waals surface area (Å²) in [6.45, 7) is 6.70. The largest absolute Gasteiger partial charge is 0.494 e. The van der Waals surface area contributed by atoms with Crippen molar-refractivity contribution in [2.24, 2.45) is 0 Å². The summed E-state index contributed by atoms with van der Waals surface area (Å²) in [5, 5.41) is 12.1. The van der Waals surface area contributed by atoms with Crippen molar-refractivity contribution in [2.45, 2.75) is 27.2 Å². The summed E-state index contributed by atoms with van der Waals surface area (Å²) in [5.41, 5.74) is 3.75. The molecular weight excluding hydrogens is 312 g/mol. The highest BCUT2D eigenvalue weighted by molar-refractivity contribution is 6.09. The van der Waals surface area contributed by atoms with Crippen LogP contribution in [0.4, 0.5) is 5.69 Å². The highest BCUT2D eigenvalue weighted by Crippen LogP contribution is 2.17. The molecule has 128 valence electrons. The molecule has 0 aliphatic carbocycles. The van der Waals surface area contributed by atoms with Crippen LogP contribution in [0.15, 0.2) is 48.0 Å². The highest BCUT2D eigenvalue weighted by Gasteiger charge is 2.10. The SMILES string of the molecule is CCCOc1ccc(/C=C(/C#N)C(=O)Nc2ccc(C)c(C)c2)cc1. The van der Waals surface area contributed by atoms with Crippen LogP contribution >= 0.6 is 0 Å². The molecule has 0 bridgehead atoms. The Morgan fingerprint density at radius 3 is 2.48 bits per heavy atom. The van der Waals surface area contributed by atoms with E-state index in [2.05, 4.69) is 5.32 Å². The van der Waals surface area contributed by atoms with Gasteiger partial charge in [0, 0.05) is 5.69 Å². The number of carbonyl (C=O) groups excluding carboxylic acids is 1. The van der Waals surface area contributed by atoms with E-state index in [1.807, 2.05) is 69.3 Å². The van der Waals surface area contributed by atoms with Crippen molar-refractivity contribution < 1.29 is 9.53 Å². The number of amides is 1. The number of benzene rings is 2. The fourth-order valence-electron chi connectivity index (χ4n) is 2.21. The summed E-state index contributed by atoms with van der Waals surface area (Å²) in [7, 11) is 0. The lowest BCUT2D eigenvalue weighted by Gasteiger charge is -2.07. The standard InChI is InChI=1S/C21H22N2O2/c1-4-11-25-20-9-6-17(7-10-20)13-18(14-22)21(24)23-19-8-5-15(2)16(3)12-19/h5-10,12-13H,4,11H2,1-3H3,(H,23,24)/b18-13-. The minimum atomic E-state index is -0.419. The van der Waals surface area contributed by atoms with Gasteiger partial charge in [0.05, 0.1) is 6.61 Å². The lowest BCUT2D eigenvalue weighted by molar-refractivity contribution is -0.112. The van der Waals surface area contributed by atoms with Crippen LogP contribution in [0.25, 0.3) is 6.08 Å². The zero-order valence-corrected chi connectivity index (χ0v) is 14.8. The average Bonchev–Trinajstić information content (AvgIpc) is 2.62. The van der Waals surface area contributed by atoms with E-state index >= 15 is 0 Å². The fourth-order valence-corrected chi connectivity index (χ4v) is 2.21. The molecule has 0 saturated heterocycles. The normalized spacial score (nSPS) is 10.9. The van der Waals surface area contributed by atoms with E-state index in [-0.39, 0.29) is 5.57 Å². The third-order valence-electron chi connectivity index (χ3n) is 3.79. The summed E-state index contributed by atoms with van der Waals surface area (Å²) in [6.07, 6.45) is 2.51. The number of hydrogen-bond donors (Lipinski definition) is 1. The fraction of sp³-hybridized carbons (Fsp3) is 0.238. The third kappa shape index (κ3) is 5.22. The molecule has 0 saturated carbocycles. The van der Waals surface area contributed by atoms with Gasteiger partial charge < -0.3 is 10.1 Å². The maximum absolute atomic E-state index is 12.3. The molecule has 2 aromatic carbocycles. The van der Waals surface area contributed by atoms with Gasteiger partial charge in [-0.05, 0) is 67.3 Å². The first kappa shape index (κ1) is 18.3. The van der Waals surface area contributed by atoms with Crippen LogP contribution in [0.3, 0.4) is 0 Å². The van der Waals surface area contributed by atoms with Crippen LogP contribution in [0.1, 0.15) is 30.0 Å². The first-order valence-electron chi connectivity index (χ1n) is 8.26. The summed E-state index contributed by atoms with van der Waals surface area (Å²) in [6, 6.07) is 14.9. The number of nitrogens with one attached hydrogen (secondary N) is 1. The molecule has 2 aromatic rings. The van der Waals surface area contributed by atoms with E-state index in [9.17, 15) is 10.1 Å². The molecule has 4 nitrogen and oxygen atoms in total. The smallest absolute Gasteiger partial charge is 0.266 e. The van der Waals surface area contributed by atoms with Gasteiger partial charge in [-0.3, -0.25) is 4.79 Å². The number of hydrogen-bond acceptors (Lipinski definition) is 3. The van der Waals surface area contributed by atoms with Crippen molar-refractivity contribution in [3.05, 3.63) is 64.7 Å². The first-order chi connectivity index (χ1) is 12.0. The molecule has 0 radical (unpaired) electrons. The Morgan fingerprint density at radius 2 is 1.88 bits per heavy atom. The maximum atomic E-state index is 12.3. The van der Waals surface area contributed by atoms with Gasteiger partial charge in [0.1, 0.15) is 17.4 Å². The molecule has 1 amide bonds. The van der Waals surface area contributed by atoms with Crippen LogP contribution in [0, 0.1) is 25.2 Å². The Hall–Kier alpha value is -3.06. The molecule has 0 heterocycles. The molecule has 4 heteroatoms.